The lowest BCUT2D eigenvalue weighted by molar-refractivity contribution is -0.394. The van der Waals surface area contributed by atoms with Crippen molar-refractivity contribution >= 4 is 45.1 Å². The molecule has 14 nitrogen and oxygen atoms in total. The third-order valence-corrected chi connectivity index (χ3v) is 4.94. The van der Waals surface area contributed by atoms with Gasteiger partial charge in [-0.2, -0.15) is 5.10 Å². The SMILES string of the molecule is O=C(COc1ccc([N+](=O)[O-])cc1Br)NN=Cc1cccc(Oc2ccc([N+](=O)[O-])cc2[N+](=O)[O-])c1. The number of hydrazone groups is 1. The Morgan fingerprint density at radius 3 is 2.22 bits per heavy atom. The van der Waals surface area contributed by atoms with Gasteiger partial charge < -0.3 is 9.47 Å². The maximum atomic E-state index is 12.0. The Balaban J connectivity index is 1.60. The number of halogens is 1. The first-order valence-corrected chi connectivity index (χ1v) is 10.5. The molecule has 0 radical (unpaired) electrons. The van der Waals surface area contributed by atoms with Crippen molar-refractivity contribution in [3.8, 4) is 17.2 Å². The fourth-order valence-corrected chi connectivity index (χ4v) is 3.19. The molecule has 3 aromatic carbocycles. The summed E-state index contributed by atoms with van der Waals surface area (Å²) in [5.41, 5.74) is 1.55. The Morgan fingerprint density at radius 2 is 1.58 bits per heavy atom. The van der Waals surface area contributed by atoms with E-state index < -0.39 is 38.7 Å². The van der Waals surface area contributed by atoms with E-state index in [1.165, 1.54) is 36.5 Å². The van der Waals surface area contributed by atoms with Crippen LogP contribution in [0.25, 0.3) is 0 Å². The second kappa shape index (κ2) is 11.5. The first kappa shape index (κ1) is 25.7. The van der Waals surface area contributed by atoms with Crippen LogP contribution in [0.3, 0.4) is 0 Å². The van der Waals surface area contributed by atoms with Crippen LogP contribution in [-0.2, 0) is 4.79 Å². The number of carbonyl (C=O) groups is 1. The first-order chi connectivity index (χ1) is 17.1. The number of hydrogen-bond acceptors (Lipinski definition) is 10. The van der Waals surface area contributed by atoms with E-state index in [9.17, 15) is 35.1 Å². The highest BCUT2D eigenvalue weighted by Crippen LogP contribution is 2.34. The average molecular weight is 560 g/mol. The second-order valence-electron chi connectivity index (χ2n) is 6.79. The van der Waals surface area contributed by atoms with Crippen molar-refractivity contribution in [2.75, 3.05) is 6.61 Å². The van der Waals surface area contributed by atoms with E-state index >= 15 is 0 Å². The highest BCUT2D eigenvalue weighted by Gasteiger charge is 2.21. The van der Waals surface area contributed by atoms with Crippen LogP contribution < -0.4 is 14.9 Å². The minimum atomic E-state index is -0.791. The van der Waals surface area contributed by atoms with E-state index in [0.717, 1.165) is 18.2 Å². The fraction of sp³-hybridized carbons (Fsp3) is 0.0476. The van der Waals surface area contributed by atoms with Crippen LogP contribution in [0, 0.1) is 30.3 Å². The van der Waals surface area contributed by atoms with Gasteiger partial charge in [-0.15, -0.1) is 0 Å². The Labute approximate surface area is 209 Å². The minimum absolute atomic E-state index is 0.141. The molecule has 0 aliphatic carbocycles. The molecule has 0 atom stereocenters. The summed E-state index contributed by atoms with van der Waals surface area (Å²) in [6, 6.07) is 13.0. The topological polar surface area (TPSA) is 189 Å². The maximum absolute atomic E-state index is 12.0. The predicted molar refractivity (Wildman–Crippen MR) is 128 cm³/mol. The molecule has 0 heterocycles. The summed E-state index contributed by atoms with van der Waals surface area (Å²) in [7, 11) is 0. The maximum Gasteiger partial charge on any atom is 0.318 e. The molecule has 0 saturated heterocycles. The number of nitrogens with zero attached hydrogens (tertiary/aromatic N) is 4. The number of carbonyl (C=O) groups excluding carboxylic acids is 1. The molecule has 36 heavy (non-hydrogen) atoms. The molecule has 0 spiro atoms. The van der Waals surface area contributed by atoms with Crippen LogP contribution in [0.15, 0.2) is 70.2 Å². The molecule has 3 aromatic rings. The van der Waals surface area contributed by atoms with Gasteiger partial charge >= 0.3 is 5.69 Å². The van der Waals surface area contributed by atoms with Gasteiger partial charge in [-0.25, -0.2) is 5.43 Å². The van der Waals surface area contributed by atoms with Gasteiger partial charge in [0.05, 0.1) is 31.5 Å². The normalized spacial score (nSPS) is 10.6. The Morgan fingerprint density at radius 1 is 0.917 bits per heavy atom. The van der Waals surface area contributed by atoms with Gasteiger partial charge in [0, 0.05) is 18.2 Å². The van der Waals surface area contributed by atoms with Gasteiger partial charge in [-0.1, -0.05) is 12.1 Å². The summed E-state index contributed by atoms with van der Waals surface area (Å²) in [4.78, 5) is 42.8. The standard InChI is InChI=1S/C21H14BrN5O9/c22-17-9-14(25(29)30)4-6-19(17)35-12-21(28)24-23-11-13-2-1-3-16(8-13)36-20-7-5-15(26(31)32)10-18(20)27(33)34/h1-11H,12H2,(H,24,28). The molecular formula is C21H14BrN5O9. The number of nitrogens with one attached hydrogen (secondary N) is 1. The van der Waals surface area contributed by atoms with E-state index in [2.05, 4.69) is 26.5 Å². The summed E-state index contributed by atoms with van der Waals surface area (Å²) in [6.45, 7) is -0.416. The number of rotatable bonds is 10. The third kappa shape index (κ3) is 6.80. The third-order valence-electron chi connectivity index (χ3n) is 4.32. The number of hydrogen-bond donors (Lipinski definition) is 1. The van der Waals surface area contributed by atoms with Gasteiger partial charge in [0.1, 0.15) is 11.5 Å². The molecule has 0 unspecified atom stereocenters. The average Bonchev–Trinajstić information content (AvgIpc) is 2.83. The zero-order valence-electron chi connectivity index (χ0n) is 17.9. The highest BCUT2D eigenvalue weighted by atomic mass is 79.9. The van der Waals surface area contributed by atoms with Crippen molar-refractivity contribution < 1.29 is 29.0 Å². The Kier molecular flexibility index (Phi) is 8.19. The highest BCUT2D eigenvalue weighted by molar-refractivity contribution is 9.10. The van der Waals surface area contributed by atoms with Crippen LogP contribution in [0.5, 0.6) is 17.2 Å². The largest absolute Gasteiger partial charge is 0.483 e. The van der Waals surface area contributed by atoms with E-state index in [1.54, 1.807) is 12.1 Å². The molecule has 15 heteroatoms. The summed E-state index contributed by atoms with van der Waals surface area (Å²) < 4.78 is 11.1. The van der Waals surface area contributed by atoms with Gasteiger partial charge in [-0.05, 0) is 45.8 Å². The molecule has 1 N–H and O–H groups in total. The van der Waals surface area contributed by atoms with E-state index in [0.29, 0.717) is 10.0 Å². The molecule has 0 bridgehead atoms. The smallest absolute Gasteiger partial charge is 0.318 e. The summed E-state index contributed by atoms with van der Waals surface area (Å²) >= 11 is 3.13. The molecule has 0 aromatic heterocycles. The second-order valence-corrected chi connectivity index (χ2v) is 7.65. The lowest BCUT2D eigenvalue weighted by Crippen LogP contribution is -2.24. The number of nitro groups is 3. The molecular weight excluding hydrogens is 546 g/mol. The molecule has 0 aliphatic heterocycles. The van der Waals surface area contributed by atoms with Gasteiger partial charge in [0.15, 0.2) is 6.61 Å². The van der Waals surface area contributed by atoms with Crippen LogP contribution in [0.4, 0.5) is 17.1 Å². The summed E-state index contributed by atoms with van der Waals surface area (Å²) in [5, 5.41) is 36.7. The molecule has 0 aliphatic rings. The van der Waals surface area contributed by atoms with E-state index in [1.807, 2.05) is 0 Å². The monoisotopic (exact) mass is 559 g/mol. The number of nitro benzene ring substituents is 3. The van der Waals surface area contributed by atoms with E-state index in [-0.39, 0.29) is 22.9 Å². The fourth-order valence-electron chi connectivity index (χ4n) is 2.71. The van der Waals surface area contributed by atoms with Crippen LogP contribution in [0.2, 0.25) is 0 Å². The first-order valence-electron chi connectivity index (χ1n) is 9.73. The van der Waals surface area contributed by atoms with Crippen molar-refractivity contribution in [3.05, 3.63) is 101 Å². The van der Waals surface area contributed by atoms with Gasteiger partial charge in [-0.3, -0.25) is 35.1 Å². The predicted octanol–water partition coefficient (Wildman–Crippen LogP) is 4.50. The number of benzene rings is 3. The van der Waals surface area contributed by atoms with Gasteiger partial charge in [0.2, 0.25) is 5.75 Å². The summed E-state index contributed by atoms with van der Waals surface area (Å²) in [6.07, 6.45) is 1.29. The van der Waals surface area contributed by atoms with E-state index in [4.69, 9.17) is 9.47 Å². The Hall–Kier alpha value is -4.92. The number of amides is 1. The molecule has 3 rings (SSSR count). The van der Waals surface area contributed by atoms with Crippen LogP contribution >= 0.6 is 15.9 Å². The molecule has 0 fully saturated rings. The molecule has 0 saturated carbocycles. The van der Waals surface area contributed by atoms with Crippen molar-refractivity contribution in [2.45, 2.75) is 0 Å². The van der Waals surface area contributed by atoms with Crippen molar-refractivity contribution in [3.63, 3.8) is 0 Å². The lowest BCUT2D eigenvalue weighted by atomic mass is 10.2. The number of non-ortho nitro benzene ring substituents is 2. The summed E-state index contributed by atoms with van der Waals surface area (Å²) in [5.74, 6) is -0.383. The zero-order valence-corrected chi connectivity index (χ0v) is 19.5. The van der Waals surface area contributed by atoms with Crippen LogP contribution in [-0.4, -0.2) is 33.5 Å². The van der Waals surface area contributed by atoms with Crippen molar-refractivity contribution in [1.29, 1.82) is 0 Å². The van der Waals surface area contributed by atoms with Crippen molar-refractivity contribution in [2.24, 2.45) is 5.10 Å². The molecule has 1 amide bonds. The Bertz CT molecular complexity index is 1380. The van der Waals surface area contributed by atoms with Gasteiger partial charge in [0.25, 0.3) is 17.3 Å². The number of ether oxygens (including phenoxy) is 2. The van der Waals surface area contributed by atoms with Crippen LogP contribution in [0.1, 0.15) is 5.56 Å². The lowest BCUT2D eigenvalue weighted by Gasteiger charge is -2.07. The minimum Gasteiger partial charge on any atom is -0.483 e. The van der Waals surface area contributed by atoms with Crippen molar-refractivity contribution in [1.82, 2.24) is 5.43 Å². The zero-order chi connectivity index (χ0) is 26.2. The molecule has 184 valence electrons. The quantitative estimate of drug-likeness (QED) is 0.211.